The molecule has 0 saturated heterocycles. The first-order valence-corrected chi connectivity index (χ1v) is 10.6. The van der Waals surface area contributed by atoms with E-state index in [4.69, 9.17) is 23.8 Å². The predicted octanol–water partition coefficient (Wildman–Crippen LogP) is 5.78. The first-order chi connectivity index (χ1) is 11.6. The van der Waals surface area contributed by atoms with Gasteiger partial charge in [0, 0.05) is 32.8 Å². The summed E-state index contributed by atoms with van der Waals surface area (Å²) in [5, 5.41) is 7.97. The molecule has 0 aliphatic rings. The van der Waals surface area contributed by atoms with E-state index in [9.17, 15) is 0 Å². The lowest BCUT2D eigenvalue weighted by Crippen LogP contribution is -2.32. The van der Waals surface area contributed by atoms with Crippen molar-refractivity contribution in [1.82, 2.24) is 5.32 Å². The molecule has 6 heteroatoms. The zero-order chi connectivity index (χ0) is 17.4. The van der Waals surface area contributed by atoms with Crippen LogP contribution in [-0.4, -0.2) is 23.7 Å². The highest BCUT2D eigenvalue weighted by Crippen LogP contribution is 2.22. The van der Waals surface area contributed by atoms with Crippen molar-refractivity contribution in [3.8, 4) is 0 Å². The monoisotopic (exact) mass is 396 g/mol. The van der Waals surface area contributed by atoms with Gasteiger partial charge in [-0.15, -0.1) is 23.5 Å². The Balaban J connectivity index is 1.71. The summed E-state index contributed by atoms with van der Waals surface area (Å²) in [5.74, 6) is 1.53. The third-order valence-corrected chi connectivity index (χ3v) is 5.85. The third kappa shape index (κ3) is 6.93. The van der Waals surface area contributed by atoms with Gasteiger partial charge in [0.15, 0.2) is 5.11 Å². The van der Waals surface area contributed by atoms with E-state index >= 15 is 0 Å². The van der Waals surface area contributed by atoms with Crippen LogP contribution in [0, 0.1) is 5.92 Å². The SMILES string of the molecule is CSc1cccc(NC(=S)NC[C@@H](C)CSc2ccc(Cl)cc2)c1. The fraction of sp³-hybridized carbons (Fsp3) is 0.278. The molecule has 0 fully saturated rings. The van der Waals surface area contributed by atoms with Crippen LogP contribution < -0.4 is 10.6 Å². The van der Waals surface area contributed by atoms with Crippen molar-refractivity contribution in [2.24, 2.45) is 5.92 Å². The number of nitrogens with one attached hydrogen (secondary N) is 2. The molecule has 2 aromatic rings. The minimum Gasteiger partial charge on any atom is -0.362 e. The molecule has 2 aromatic carbocycles. The van der Waals surface area contributed by atoms with Crippen LogP contribution in [0.4, 0.5) is 5.69 Å². The Kier molecular flexibility index (Phi) is 8.25. The molecule has 0 radical (unpaired) electrons. The summed E-state index contributed by atoms with van der Waals surface area (Å²) < 4.78 is 0. The summed E-state index contributed by atoms with van der Waals surface area (Å²) in [6, 6.07) is 16.2. The minimum absolute atomic E-state index is 0.503. The van der Waals surface area contributed by atoms with Crippen molar-refractivity contribution >= 4 is 58.1 Å². The van der Waals surface area contributed by atoms with E-state index in [1.54, 1.807) is 11.8 Å². The molecular weight excluding hydrogens is 376 g/mol. The number of hydrogen-bond acceptors (Lipinski definition) is 3. The second-order valence-electron chi connectivity index (χ2n) is 5.44. The molecule has 2 N–H and O–H groups in total. The van der Waals surface area contributed by atoms with Crippen molar-refractivity contribution in [3.63, 3.8) is 0 Å². The average Bonchev–Trinajstić information content (AvgIpc) is 2.59. The molecule has 2 rings (SSSR count). The second-order valence-corrected chi connectivity index (χ2v) is 8.25. The second kappa shape index (κ2) is 10.2. The van der Waals surface area contributed by atoms with Crippen LogP contribution in [0.2, 0.25) is 5.02 Å². The van der Waals surface area contributed by atoms with Crippen molar-refractivity contribution < 1.29 is 0 Å². The average molecular weight is 397 g/mol. The lowest BCUT2D eigenvalue weighted by atomic mass is 10.2. The summed E-state index contributed by atoms with van der Waals surface area (Å²) >= 11 is 14.8. The molecule has 0 aliphatic carbocycles. The Morgan fingerprint density at radius 2 is 1.92 bits per heavy atom. The highest BCUT2D eigenvalue weighted by Gasteiger charge is 2.05. The highest BCUT2D eigenvalue weighted by atomic mass is 35.5. The van der Waals surface area contributed by atoms with E-state index in [1.165, 1.54) is 9.79 Å². The molecule has 1 atom stereocenters. The predicted molar refractivity (Wildman–Crippen MR) is 114 cm³/mol. The molecule has 0 saturated carbocycles. The molecule has 0 aromatic heterocycles. The summed E-state index contributed by atoms with van der Waals surface area (Å²) in [4.78, 5) is 2.45. The van der Waals surface area contributed by atoms with Crippen LogP contribution in [-0.2, 0) is 0 Å². The molecule has 0 bridgehead atoms. The fourth-order valence-electron chi connectivity index (χ4n) is 1.97. The van der Waals surface area contributed by atoms with E-state index in [-0.39, 0.29) is 0 Å². The van der Waals surface area contributed by atoms with Crippen LogP contribution >= 0.6 is 47.3 Å². The van der Waals surface area contributed by atoms with Gasteiger partial charge in [0.25, 0.3) is 0 Å². The molecule has 0 unspecified atom stereocenters. The maximum Gasteiger partial charge on any atom is 0.170 e. The normalized spacial score (nSPS) is 11.8. The number of anilines is 1. The quantitative estimate of drug-likeness (QED) is 0.456. The third-order valence-electron chi connectivity index (χ3n) is 3.29. The van der Waals surface area contributed by atoms with Crippen LogP contribution in [0.3, 0.4) is 0 Å². The molecule has 0 aliphatic heterocycles. The van der Waals surface area contributed by atoms with Gasteiger partial charge in [-0.2, -0.15) is 0 Å². The van der Waals surface area contributed by atoms with Crippen LogP contribution in [0.25, 0.3) is 0 Å². The van der Waals surface area contributed by atoms with E-state index in [0.29, 0.717) is 11.0 Å². The fourth-order valence-corrected chi connectivity index (χ4v) is 3.68. The smallest absolute Gasteiger partial charge is 0.170 e. The number of thioether (sulfide) groups is 2. The Hall–Kier alpha value is -0.880. The van der Waals surface area contributed by atoms with Crippen molar-refractivity contribution in [1.29, 1.82) is 0 Å². The Bertz CT molecular complexity index is 662. The lowest BCUT2D eigenvalue weighted by Gasteiger charge is -2.15. The number of benzene rings is 2. The highest BCUT2D eigenvalue weighted by molar-refractivity contribution is 7.99. The Labute approximate surface area is 163 Å². The van der Waals surface area contributed by atoms with Gasteiger partial charge in [0.2, 0.25) is 0 Å². The topological polar surface area (TPSA) is 24.1 Å². The zero-order valence-corrected chi connectivity index (χ0v) is 16.9. The van der Waals surface area contributed by atoms with Gasteiger partial charge < -0.3 is 10.6 Å². The number of rotatable bonds is 7. The molecule has 0 amide bonds. The van der Waals surface area contributed by atoms with E-state index in [2.05, 4.69) is 48.1 Å². The van der Waals surface area contributed by atoms with Gasteiger partial charge in [-0.25, -0.2) is 0 Å². The van der Waals surface area contributed by atoms with Gasteiger partial charge in [-0.3, -0.25) is 0 Å². The number of halogens is 1. The van der Waals surface area contributed by atoms with Crippen LogP contribution in [0.1, 0.15) is 6.92 Å². The van der Waals surface area contributed by atoms with E-state index in [0.717, 1.165) is 23.0 Å². The largest absolute Gasteiger partial charge is 0.362 e. The molecule has 128 valence electrons. The summed E-state index contributed by atoms with van der Waals surface area (Å²) in [6.45, 7) is 3.06. The lowest BCUT2D eigenvalue weighted by molar-refractivity contribution is 0.637. The molecule has 24 heavy (non-hydrogen) atoms. The van der Waals surface area contributed by atoms with Gasteiger partial charge in [-0.05, 0) is 66.9 Å². The van der Waals surface area contributed by atoms with Crippen molar-refractivity contribution in [2.45, 2.75) is 16.7 Å². The number of hydrogen-bond donors (Lipinski definition) is 2. The van der Waals surface area contributed by atoms with Gasteiger partial charge >= 0.3 is 0 Å². The molecular formula is C18H21ClN2S3. The first-order valence-electron chi connectivity index (χ1n) is 7.64. The van der Waals surface area contributed by atoms with Gasteiger partial charge in [-0.1, -0.05) is 24.6 Å². The Morgan fingerprint density at radius 1 is 1.17 bits per heavy atom. The zero-order valence-electron chi connectivity index (χ0n) is 13.7. The summed E-state index contributed by atoms with van der Waals surface area (Å²) in [7, 11) is 0. The number of thiocarbonyl (C=S) groups is 1. The van der Waals surface area contributed by atoms with E-state index in [1.807, 2.05) is 36.0 Å². The van der Waals surface area contributed by atoms with Crippen molar-refractivity contribution in [2.75, 3.05) is 23.9 Å². The van der Waals surface area contributed by atoms with Gasteiger partial charge in [0.1, 0.15) is 0 Å². The maximum atomic E-state index is 5.90. The summed E-state index contributed by atoms with van der Waals surface area (Å²) in [6.07, 6.45) is 2.07. The first kappa shape index (κ1) is 19.4. The molecule has 0 spiro atoms. The summed E-state index contributed by atoms with van der Waals surface area (Å²) in [5.41, 5.74) is 1.02. The van der Waals surface area contributed by atoms with Gasteiger partial charge in [0.05, 0.1) is 0 Å². The van der Waals surface area contributed by atoms with Crippen LogP contribution in [0.5, 0.6) is 0 Å². The minimum atomic E-state index is 0.503. The Morgan fingerprint density at radius 3 is 2.62 bits per heavy atom. The maximum absolute atomic E-state index is 5.90. The molecule has 0 heterocycles. The van der Waals surface area contributed by atoms with E-state index < -0.39 is 0 Å². The van der Waals surface area contributed by atoms with Crippen LogP contribution in [0.15, 0.2) is 58.3 Å². The van der Waals surface area contributed by atoms with Crippen molar-refractivity contribution in [3.05, 3.63) is 53.6 Å². The molecule has 2 nitrogen and oxygen atoms in total. The standard InChI is InChI=1S/C18H21ClN2S3/c1-13(12-24-16-8-6-14(19)7-9-16)11-20-18(22)21-15-4-3-5-17(10-15)23-2/h3-10,13H,11-12H2,1-2H3,(H2,20,21,22)/t13-/m1/s1.